The normalized spacial score (nSPS) is 15.7. The van der Waals surface area contributed by atoms with E-state index in [1.54, 1.807) is 11.3 Å². The molecule has 0 fully saturated rings. The van der Waals surface area contributed by atoms with Gasteiger partial charge in [-0.2, -0.15) is 0 Å². The highest BCUT2D eigenvalue weighted by atomic mass is 32.1. The average molecular weight is 198 g/mol. The highest BCUT2D eigenvalue weighted by Gasteiger charge is 2.08. The van der Waals surface area contributed by atoms with E-state index in [1.807, 2.05) is 6.92 Å². The van der Waals surface area contributed by atoms with Gasteiger partial charge in [-0.25, -0.2) is 4.98 Å². The monoisotopic (exact) mass is 198 g/mol. The summed E-state index contributed by atoms with van der Waals surface area (Å²) in [5, 5.41) is 3.35. The van der Waals surface area contributed by atoms with Crippen LogP contribution in [0.1, 0.15) is 31.0 Å². The van der Waals surface area contributed by atoms with Gasteiger partial charge in [0.15, 0.2) is 0 Å². The molecule has 0 aliphatic carbocycles. The summed E-state index contributed by atoms with van der Waals surface area (Å²) >= 11 is 1.75. The van der Waals surface area contributed by atoms with E-state index in [0.717, 1.165) is 18.5 Å². The zero-order chi connectivity index (χ0) is 9.84. The third-order valence-electron chi connectivity index (χ3n) is 1.96. The summed E-state index contributed by atoms with van der Waals surface area (Å²) in [6.07, 6.45) is 2.15. The van der Waals surface area contributed by atoms with Gasteiger partial charge in [0.1, 0.15) is 0 Å². The van der Waals surface area contributed by atoms with Crippen LogP contribution in [0.5, 0.6) is 0 Å². The molecule has 1 heterocycles. The van der Waals surface area contributed by atoms with Gasteiger partial charge < -0.3 is 5.73 Å². The molecule has 2 atom stereocenters. The Bertz CT molecular complexity index is 255. The molecule has 13 heavy (non-hydrogen) atoms. The Hall–Kier alpha value is -0.410. The first-order valence-electron chi connectivity index (χ1n) is 4.74. The molecule has 0 amide bonds. The van der Waals surface area contributed by atoms with Crippen LogP contribution in [0.25, 0.3) is 0 Å². The molecule has 2 unspecified atom stereocenters. The van der Waals surface area contributed by atoms with E-state index in [0.29, 0.717) is 12.0 Å². The van der Waals surface area contributed by atoms with Gasteiger partial charge in [-0.1, -0.05) is 6.92 Å². The molecule has 0 bridgehead atoms. The second-order valence-corrected chi connectivity index (χ2v) is 4.85. The lowest BCUT2D eigenvalue weighted by molar-refractivity contribution is 0.479. The number of aromatic nitrogens is 1. The maximum absolute atomic E-state index is 5.74. The zero-order valence-corrected chi connectivity index (χ0v) is 9.40. The number of hydrogen-bond donors (Lipinski definition) is 1. The van der Waals surface area contributed by atoms with Crippen LogP contribution < -0.4 is 5.73 Å². The number of hydrogen-bond acceptors (Lipinski definition) is 3. The van der Waals surface area contributed by atoms with Crippen molar-refractivity contribution in [1.82, 2.24) is 4.98 Å². The van der Waals surface area contributed by atoms with Crippen LogP contribution in [0, 0.1) is 12.8 Å². The number of thiazole rings is 1. The molecular formula is C10H18N2S. The van der Waals surface area contributed by atoms with E-state index in [4.69, 9.17) is 5.73 Å². The maximum Gasteiger partial charge on any atom is 0.0930 e. The molecule has 1 aromatic rings. The SMILES string of the molecule is Cc1csc(CC(C)CC(C)N)n1. The van der Waals surface area contributed by atoms with E-state index in [2.05, 4.69) is 24.2 Å². The fourth-order valence-corrected chi connectivity index (χ4v) is 2.45. The second kappa shape index (κ2) is 4.72. The molecule has 0 aliphatic heterocycles. The maximum atomic E-state index is 5.74. The molecular weight excluding hydrogens is 180 g/mol. The molecule has 0 aromatic carbocycles. The lowest BCUT2D eigenvalue weighted by Gasteiger charge is -2.11. The summed E-state index contributed by atoms with van der Waals surface area (Å²) in [4.78, 5) is 4.44. The molecule has 0 saturated heterocycles. The van der Waals surface area contributed by atoms with Gasteiger partial charge in [-0.05, 0) is 26.2 Å². The van der Waals surface area contributed by atoms with Crippen LogP contribution in [-0.4, -0.2) is 11.0 Å². The minimum Gasteiger partial charge on any atom is -0.328 e. The van der Waals surface area contributed by atoms with Gasteiger partial charge >= 0.3 is 0 Å². The quantitative estimate of drug-likeness (QED) is 0.806. The van der Waals surface area contributed by atoms with Gasteiger partial charge in [0, 0.05) is 23.5 Å². The Labute approximate surface area is 84.2 Å². The summed E-state index contributed by atoms with van der Waals surface area (Å²) in [6, 6.07) is 0.302. The van der Waals surface area contributed by atoms with E-state index >= 15 is 0 Å². The minimum absolute atomic E-state index is 0.302. The molecule has 2 N–H and O–H groups in total. The first-order valence-corrected chi connectivity index (χ1v) is 5.62. The minimum atomic E-state index is 0.302. The molecule has 0 radical (unpaired) electrons. The fraction of sp³-hybridized carbons (Fsp3) is 0.700. The van der Waals surface area contributed by atoms with Crippen LogP contribution in [0.3, 0.4) is 0 Å². The molecule has 0 saturated carbocycles. The van der Waals surface area contributed by atoms with Gasteiger partial charge in [0.25, 0.3) is 0 Å². The number of rotatable bonds is 4. The molecule has 2 nitrogen and oxygen atoms in total. The van der Waals surface area contributed by atoms with Crippen molar-refractivity contribution in [2.24, 2.45) is 11.7 Å². The van der Waals surface area contributed by atoms with Crippen LogP contribution in [-0.2, 0) is 6.42 Å². The smallest absolute Gasteiger partial charge is 0.0930 e. The molecule has 3 heteroatoms. The lowest BCUT2D eigenvalue weighted by Crippen LogP contribution is -2.19. The van der Waals surface area contributed by atoms with Crippen molar-refractivity contribution in [2.45, 2.75) is 39.7 Å². The molecule has 0 aliphatic rings. The third-order valence-corrected chi connectivity index (χ3v) is 2.95. The van der Waals surface area contributed by atoms with Gasteiger partial charge in [0.05, 0.1) is 5.01 Å². The second-order valence-electron chi connectivity index (χ2n) is 3.90. The Morgan fingerprint density at radius 2 is 2.23 bits per heavy atom. The Kier molecular flexibility index (Phi) is 3.88. The molecule has 74 valence electrons. The third kappa shape index (κ3) is 3.87. The van der Waals surface area contributed by atoms with Crippen molar-refractivity contribution in [3.63, 3.8) is 0 Å². The predicted octanol–water partition coefficient (Wildman–Crippen LogP) is 2.37. The number of aryl methyl sites for hydroxylation is 1. The van der Waals surface area contributed by atoms with Crippen molar-refractivity contribution >= 4 is 11.3 Å². The van der Waals surface area contributed by atoms with Crippen molar-refractivity contribution < 1.29 is 0 Å². The van der Waals surface area contributed by atoms with E-state index < -0.39 is 0 Å². The van der Waals surface area contributed by atoms with E-state index in [1.165, 1.54) is 5.01 Å². The Morgan fingerprint density at radius 3 is 2.69 bits per heavy atom. The largest absolute Gasteiger partial charge is 0.328 e. The van der Waals surface area contributed by atoms with E-state index in [9.17, 15) is 0 Å². The van der Waals surface area contributed by atoms with Crippen LogP contribution >= 0.6 is 11.3 Å². The highest BCUT2D eigenvalue weighted by Crippen LogP contribution is 2.16. The Morgan fingerprint density at radius 1 is 1.54 bits per heavy atom. The predicted molar refractivity (Wildman–Crippen MR) is 58.0 cm³/mol. The van der Waals surface area contributed by atoms with Crippen molar-refractivity contribution in [3.05, 3.63) is 16.1 Å². The molecule has 1 rings (SSSR count). The van der Waals surface area contributed by atoms with Crippen molar-refractivity contribution in [1.29, 1.82) is 0 Å². The van der Waals surface area contributed by atoms with Crippen LogP contribution in [0.2, 0.25) is 0 Å². The van der Waals surface area contributed by atoms with Gasteiger partial charge in [0.2, 0.25) is 0 Å². The van der Waals surface area contributed by atoms with E-state index in [-0.39, 0.29) is 0 Å². The summed E-state index contributed by atoms with van der Waals surface area (Å²) in [5.74, 6) is 0.644. The fourth-order valence-electron chi connectivity index (χ4n) is 1.51. The van der Waals surface area contributed by atoms with Crippen LogP contribution in [0.4, 0.5) is 0 Å². The summed E-state index contributed by atoms with van der Waals surface area (Å²) in [7, 11) is 0. The van der Waals surface area contributed by atoms with Gasteiger partial charge in [-0.15, -0.1) is 11.3 Å². The zero-order valence-electron chi connectivity index (χ0n) is 8.58. The number of nitrogens with two attached hydrogens (primary N) is 1. The topological polar surface area (TPSA) is 38.9 Å². The Balaban J connectivity index is 2.40. The van der Waals surface area contributed by atoms with Crippen molar-refractivity contribution in [2.75, 3.05) is 0 Å². The highest BCUT2D eigenvalue weighted by molar-refractivity contribution is 7.09. The average Bonchev–Trinajstić information content (AvgIpc) is 2.33. The first kappa shape index (κ1) is 10.7. The summed E-state index contributed by atoms with van der Waals surface area (Å²) in [5.41, 5.74) is 6.87. The summed E-state index contributed by atoms with van der Waals surface area (Å²) in [6.45, 7) is 6.33. The standard InChI is InChI=1S/C10H18N2S/c1-7(4-8(2)11)5-10-12-9(3)6-13-10/h6-8H,4-5,11H2,1-3H3. The van der Waals surface area contributed by atoms with Crippen LogP contribution in [0.15, 0.2) is 5.38 Å². The van der Waals surface area contributed by atoms with Gasteiger partial charge in [-0.3, -0.25) is 0 Å². The lowest BCUT2D eigenvalue weighted by atomic mass is 10.0. The molecule has 0 spiro atoms. The molecule has 1 aromatic heterocycles. The summed E-state index contributed by atoms with van der Waals surface area (Å²) < 4.78 is 0. The van der Waals surface area contributed by atoms with Crippen molar-refractivity contribution in [3.8, 4) is 0 Å². The number of nitrogens with zero attached hydrogens (tertiary/aromatic N) is 1. The first-order chi connectivity index (χ1) is 6.08.